The van der Waals surface area contributed by atoms with Gasteiger partial charge in [0, 0.05) is 20.3 Å². The molecule has 0 fully saturated rings. The summed E-state index contributed by atoms with van der Waals surface area (Å²) in [6.07, 6.45) is 9.51. The van der Waals surface area contributed by atoms with Gasteiger partial charge in [-0.05, 0) is 13.0 Å². The molecule has 0 aromatic heterocycles. The molecule has 0 aromatic rings. The van der Waals surface area contributed by atoms with Crippen molar-refractivity contribution in [3.05, 3.63) is 24.3 Å². The molecule has 56 valence electrons. The molecule has 0 aromatic carbocycles. The Kier molecular flexibility index (Phi) is 5.44. The smallest absolute Gasteiger partial charge is 0.0470 e. The van der Waals surface area contributed by atoms with Crippen LogP contribution in [-0.4, -0.2) is 25.3 Å². The van der Waals surface area contributed by atoms with Crippen molar-refractivity contribution in [1.29, 1.82) is 0 Å². The second-order valence-corrected chi connectivity index (χ2v) is 2.02. The maximum atomic E-state index is 3.98. The van der Waals surface area contributed by atoms with E-state index in [0.717, 1.165) is 0 Å². The summed E-state index contributed by atoms with van der Waals surface area (Å²) in [5.74, 6) is 0. The van der Waals surface area contributed by atoms with Gasteiger partial charge in [0.05, 0.1) is 0 Å². The average Bonchev–Trinajstić information content (AvgIpc) is 1.87. The molecule has 0 aliphatic heterocycles. The quantitative estimate of drug-likeness (QED) is 0.329. The Bertz CT molecular complexity index is 143. The maximum absolute atomic E-state index is 3.98. The third-order valence-electron chi connectivity index (χ3n) is 0.798. The molecule has 0 heterocycles. The van der Waals surface area contributed by atoms with Gasteiger partial charge in [0.25, 0.3) is 0 Å². The van der Waals surface area contributed by atoms with Crippen molar-refractivity contribution in [2.75, 3.05) is 14.1 Å². The van der Waals surface area contributed by atoms with Gasteiger partial charge in [-0.2, -0.15) is 5.10 Å². The molecule has 0 bridgehead atoms. The van der Waals surface area contributed by atoms with E-state index in [1.54, 1.807) is 11.2 Å². The third kappa shape index (κ3) is 6.95. The van der Waals surface area contributed by atoms with Gasteiger partial charge in [0.15, 0.2) is 0 Å². The number of allylic oxidation sites excluding steroid dienone is 4. The van der Waals surface area contributed by atoms with Crippen molar-refractivity contribution in [2.45, 2.75) is 6.92 Å². The molecule has 2 heteroatoms. The number of rotatable bonds is 3. The third-order valence-corrected chi connectivity index (χ3v) is 0.798. The van der Waals surface area contributed by atoms with Crippen LogP contribution in [0.15, 0.2) is 29.4 Å². The van der Waals surface area contributed by atoms with Gasteiger partial charge in [-0.25, -0.2) is 0 Å². The van der Waals surface area contributed by atoms with Crippen LogP contribution in [0.5, 0.6) is 0 Å². The molecule has 0 N–H and O–H groups in total. The Morgan fingerprint density at radius 3 is 2.30 bits per heavy atom. The summed E-state index contributed by atoms with van der Waals surface area (Å²) in [4.78, 5) is 0. The van der Waals surface area contributed by atoms with Gasteiger partial charge >= 0.3 is 0 Å². The fourth-order valence-corrected chi connectivity index (χ4v) is 0.397. The average molecular weight is 138 g/mol. The van der Waals surface area contributed by atoms with E-state index in [0.29, 0.717) is 0 Å². The van der Waals surface area contributed by atoms with Crippen LogP contribution < -0.4 is 0 Å². The van der Waals surface area contributed by atoms with Crippen LogP contribution in [0.4, 0.5) is 0 Å². The van der Waals surface area contributed by atoms with Gasteiger partial charge in [-0.3, -0.25) is 0 Å². The largest absolute Gasteiger partial charge is 0.303 e. The molecule has 0 saturated heterocycles. The highest BCUT2D eigenvalue weighted by atomic mass is 15.4. The molecule has 0 unspecified atom stereocenters. The van der Waals surface area contributed by atoms with E-state index in [2.05, 4.69) is 5.10 Å². The van der Waals surface area contributed by atoms with Crippen molar-refractivity contribution in [2.24, 2.45) is 5.10 Å². The Hall–Kier alpha value is -1.05. The van der Waals surface area contributed by atoms with Gasteiger partial charge in [-0.1, -0.05) is 18.2 Å². The molecule has 0 atom stereocenters. The number of hydrogen-bond acceptors (Lipinski definition) is 2. The second-order valence-electron chi connectivity index (χ2n) is 2.02. The molecule has 10 heavy (non-hydrogen) atoms. The van der Waals surface area contributed by atoms with Crippen LogP contribution in [0.2, 0.25) is 0 Å². The molecule has 0 saturated carbocycles. The van der Waals surface area contributed by atoms with E-state index in [1.807, 2.05) is 45.3 Å². The first-order valence-electron chi connectivity index (χ1n) is 3.26. The topological polar surface area (TPSA) is 15.6 Å². The lowest BCUT2D eigenvalue weighted by atomic mass is 10.4. The molecular formula is C8H14N2. The van der Waals surface area contributed by atoms with E-state index in [9.17, 15) is 0 Å². The number of hydrazone groups is 1. The van der Waals surface area contributed by atoms with Gasteiger partial charge in [0.2, 0.25) is 0 Å². The van der Waals surface area contributed by atoms with Crippen LogP contribution in [0.25, 0.3) is 0 Å². The van der Waals surface area contributed by atoms with Crippen LogP contribution in [-0.2, 0) is 0 Å². The van der Waals surface area contributed by atoms with E-state index in [1.165, 1.54) is 0 Å². The van der Waals surface area contributed by atoms with Crippen LogP contribution >= 0.6 is 0 Å². The first-order valence-corrected chi connectivity index (χ1v) is 3.26. The maximum Gasteiger partial charge on any atom is 0.0470 e. The van der Waals surface area contributed by atoms with Crippen molar-refractivity contribution >= 4 is 6.21 Å². The summed E-state index contributed by atoms with van der Waals surface area (Å²) in [7, 11) is 3.78. The molecule has 2 nitrogen and oxygen atoms in total. The summed E-state index contributed by atoms with van der Waals surface area (Å²) >= 11 is 0. The normalized spacial score (nSPS) is 12.3. The second kappa shape index (κ2) is 6.08. The van der Waals surface area contributed by atoms with E-state index < -0.39 is 0 Å². The van der Waals surface area contributed by atoms with E-state index in [-0.39, 0.29) is 0 Å². The predicted octanol–water partition coefficient (Wildman–Crippen LogP) is 1.67. The SMILES string of the molecule is C/C=C/C=C/C=N/N(C)C. The van der Waals surface area contributed by atoms with E-state index in [4.69, 9.17) is 0 Å². The van der Waals surface area contributed by atoms with Crippen molar-refractivity contribution in [1.82, 2.24) is 5.01 Å². The van der Waals surface area contributed by atoms with Crippen molar-refractivity contribution in [3.8, 4) is 0 Å². The first kappa shape index (κ1) is 8.95. The fraction of sp³-hybridized carbons (Fsp3) is 0.375. The summed E-state index contributed by atoms with van der Waals surface area (Å²) < 4.78 is 0. The minimum absolute atomic E-state index is 1.75. The lowest BCUT2D eigenvalue weighted by Gasteiger charge is -1.99. The zero-order valence-corrected chi connectivity index (χ0v) is 6.78. The van der Waals surface area contributed by atoms with Crippen molar-refractivity contribution < 1.29 is 0 Å². The minimum atomic E-state index is 1.75. The van der Waals surface area contributed by atoms with Gasteiger partial charge in [-0.15, -0.1) is 0 Å². The minimum Gasteiger partial charge on any atom is -0.303 e. The Morgan fingerprint density at radius 2 is 1.80 bits per heavy atom. The summed E-state index contributed by atoms with van der Waals surface area (Å²) in [6, 6.07) is 0. The predicted molar refractivity (Wildman–Crippen MR) is 46.1 cm³/mol. The molecule has 0 spiro atoms. The summed E-state index contributed by atoms with van der Waals surface area (Å²) in [5.41, 5.74) is 0. The van der Waals surface area contributed by atoms with Crippen molar-refractivity contribution in [3.63, 3.8) is 0 Å². The number of hydrogen-bond donors (Lipinski definition) is 0. The van der Waals surface area contributed by atoms with Crippen LogP contribution in [0.1, 0.15) is 6.92 Å². The Morgan fingerprint density at radius 1 is 1.10 bits per heavy atom. The molecule has 0 rings (SSSR count). The zero-order chi connectivity index (χ0) is 7.82. The summed E-state index contributed by atoms with van der Waals surface area (Å²) in [5, 5.41) is 5.73. The summed E-state index contributed by atoms with van der Waals surface area (Å²) in [6.45, 7) is 1.98. The van der Waals surface area contributed by atoms with Crippen LogP contribution in [0.3, 0.4) is 0 Å². The highest BCUT2D eigenvalue weighted by Crippen LogP contribution is 1.75. The Labute approximate surface area is 62.5 Å². The molecule has 0 aliphatic carbocycles. The molecular weight excluding hydrogens is 124 g/mol. The number of nitrogens with zero attached hydrogens (tertiary/aromatic N) is 2. The molecule has 0 aliphatic rings. The monoisotopic (exact) mass is 138 g/mol. The Balaban J connectivity index is 3.51. The first-order chi connectivity index (χ1) is 4.77. The fourth-order valence-electron chi connectivity index (χ4n) is 0.397. The highest BCUT2D eigenvalue weighted by Gasteiger charge is 1.69. The molecule has 0 amide bonds. The van der Waals surface area contributed by atoms with Crippen LogP contribution in [0, 0.1) is 0 Å². The highest BCUT2D eigenvalue weighted by molar-refractivity contribution is 5.71. The lowest BCUT2D eigenvalue weighted by molar-refractivity contribution is 0.440. The standard InChI is InChI=1S/C8H14N2/c1-4-5-6-7-8-9-10(2)3/h4-8H,1-3H3/b5-4+,7-6+,9-8+. The van der Waals surface area contributed by atoms with E-state index >= 15 is 0 Å². The van der Waals surface area contributed by atoms with Gasteiger partial charge < -0.3 is 5.01 Å². The van der Waals surface area contributed by atoms with Gasteiger partial charge in [0.1, 0.15) is 0 Å². The lowest BCUT2D eigenvalue weighted by Crippen LogP contribution is -2.00. The molecule has 0 radical (unpaired) electrons. The zero-order valence-electron chi connectivity index (χ0n) is 6.78.